The van der Waals surface area contributed by atoms with Crippen LogP contribution in [-0.2, 0) is 4.74 Å². The SMILES string of the molecule is COc1cc2c(Oc3ccc(NC(=O)c4c(Cl)c5ccccc5n(-c5ccc(F)cc5)c4=O)cc3F)ccnc2cc1OCCCN1CCOCC1. The second-order valence-electron chi connectivity index (χ2n) is 12.0. The molecule has 13 heteroatoms. The maximum atomic E-state index is 15.5. The van der Waals surface area contributed by atoms with Crippen molar-refractivity contribution < 1.29 is 32.5 Å². The lowest BCUT2D eigenvalue weighted by atomic mass is 10.1. The van der Waals surface area contributed by atoms with E-state index in [1.54, 1.807) is 48.7 Å². The van der Waals surface area contributed by atoms with Crippen LogP contribution in [0.25, 0.3) is 27.5 Å². The first-order valence-corrected chi connectivity index (χ1v) is 17.0. The van der Waals surface area contributed by atoms with Crippen molar-refractivity contribution in [3.8, 4) is 28.7 Å². The Hall–Kier alpha value is -5.56. The van der Waals surface area contributed by atoms with Crippen LogP contribution < -0.4 is 25.1 Å². The van der Waals surface area contributed by atoms with Crippen molar-refractivity contribution in [1.82, 2.24) is 14.5 Å². The summed E-state index contributed by atoms with van der Waals surface area (Å²) < 4.78 is 53.5. The van der Waals surface area contributed by atoms with Crippen LogP contribution in [0, 0.1) is 11.6 Å². The molecule has 7 rings (SSSR count). The number of rotatable bonds is 11. The van der Waals surface area contributed by atoms with Gasteiger partial charge in [0.05, 0.1) is 43.0 Å². The molecule has 0 atom stereocenters. The van der Waals surface area contributed by atoms with Gasteiger partial charge >= 0.3 is 0 Å². The third-order valence-electron chi connectivity index (χ3n) is 8.71. The van der Waals surface area contributed by atoms with E-state index in [0.717, 1.165) is 45.3 Å². The molecule has 1 saturated heterocycles. The number of nitrogens with one attached hydrogen (secondary N) is 1. The minimum Gasteiger partial charge on any atom is -0.493 e. The van der Waals surface area contributed by atoms with Crippen molar-refractivity contribution in [2.24, 2.45) is 0 Å². The molecule has 3 heterocycles. The van der Waals surface area contributed by atoms with E-state index >= 15 is 4.39 Å². The molecule has 0 spiro atoms. The first-order chi connectivity index (χ1) is 25.3. The Morgan fingerprint density at radius 3 is 2.48 bits per heavy atom. The number of methoxy groups -OCH3 is 1. The van der Waals surface area contributed by atoms with Gasteiger partial charge < -0.3 is 24.3 Å². The van der Waals surface area contributed by atoms with Gasteiger partial charge in [-0.05, 0) is 61.0 Å². The van der Waals surface area contributed by atoms with E-state index in [2.05, 4.69) is 15.2 Å². The van der Waals surface area contributed by atoms with E-state index < -0.39 is 23.1 Å². The van der Waals surface area contributed by atoms with Gasteiger partial charge in [-0.1, -0.05) is 29.8 Å². The van der Waals surface area contributed by atoms with Crippen LogP contribution in [0.15, 0.2) is 95.9 Å². The lowest BCUT2D eigenvalue weighted by molar-refractivity contribution is 0.0357. The van der Waals surface area contributed by atoms with E-state index in [1.807, 2.05) is 0 Å². The molecule has 1 N–H and O–H groups in total. The highest BCUT2D eigenvalue weighted by molar-refractivity contribution is 6.39. The van der Waals surface area contributed by atoms with Gasteiger partial charge in [0.25, 0.3) is 11.5 Å². The summed E-state index contributed by atoms with van der Waals surface area (Å²) in [5.41, 5.74) is 0.300. The highest BCUT2D eigenvalue weighted by Gasteiger charge is 2.23. The third kappa shape index (κ3) is 7.26. The number of amides is 1. The van der Waals surface area contributed by atoms with Gasteiger partial charge in [-0.2, -0.15) is 0 Å². The van der Waals surface area contributed by atoms with Crippen molar-refractivity contribution in [2.45, 2.75) is 6.42 Å². The number of pyridine rings is 2. The fourth-order valence-corrected chi connectivity index (χ4v) is 6.43. The Balaban J connectivity index is 1.10. The molecule has 0 aliphatic carbocycles. The zero-order chi connectivity index (χ0) is 36.2. The van der Waals surface area contributed by atoms with E-state index in [1.165, 1.54) is 48.1 Å². The number of ether oxygens (including phenoxy) is 4. The van der Waals surface area contributed by atoms with Crippen molar-refractivity contribution in [2.75, 3.05) is 51.9 Å². The number of para-hydroxylation sites is 1. The number of carbonyl (C=O) groups excluding carboxylic acids is 1. The van der Waals surface area contributed by atoms with E-state index in [9.17, 15) is 14.0 Å². The van der Waals surface area contributed by atoms with Crippen LogP contribution in [0.4, 0.5) is 14.5 Å². The fraction of sp³-hybridized carbons (Fsp3) is 0.205. The maximum Gasteiger partial charge on any atom is 0.270 e. The highest BCUT2D eigenvalue weighted by atomic mass is 35.5. The lowest BCUT2D eigenvalue weighted by Gasteiger charge is -2.26. The van der Waals surface area contributed by atoms with Crippen LogP contribution in [0.2, 0.25) is 5.02 Å². The molecular weight excluding hydrogens is 694 g/mol. The summed E-state index contributed by atoms with van der Waals surface area (Å²) in [6.45, 7) is 4.69. The Kier molecular flexibility index (Phi) is 10.3. The number of morpholine rings is 1. The molecule has 2 aromatic heterocycles. The molecule has 0 radical (unpaired) electrons. The number of fused-ring (bicyclic) bond motifs is 2. The minimum absolute atomic E-state index is 0.0588. The van der Waals surface area contributed by atoms with E-state index in [-0.39, 0.29) is 22.0 Å². The van der Waals surface area contributed by atoms with E-state index in [0.29, 0.717) is 51.3 Å². The Bertz CT molecular complexity index is 2330. The third-order valence-corrected chi connectivity index (χ3v) is 9.10. The minimum atomic E-state index is -0.851. The number of carbonyl (C=O) groups is 1. The van der Waals surface area contributed by atoms with Gasteiger partial charge in [-0.25, -0.2) is 8.78 Å². The topological polar surface area (TPSA) is 104 Å². The predicted octanol–water partition coefficient (Wildman–Crippen LogP) is 7.62. The van der Waals surface area contributed by atoms with Crippen LogP contribution in [-0.4, -0.2) is 66.9 Å². The number of nitrogens with zero attached hydrogens (tertiary/aromatic N) is 3. The standard InChI is InChI=1S/C39H33ClF2N4O6/c1-49-34-22-28-30(23-35(34)51-18-4-15-45-16-19-50-20-17-45)43-14-13-32(28)52-33-12-9-25(21-29(33)42)44-38(47)36-37(40)27-5-2-3-6-31(27)46(39(36)48)26-10-7-24(41)8-11-26/h2-3,5-14,21-23H,4,15-20H2,1H3,(H,44,47). The summed E-state index contributed by atoms with van der Waals surface area (Å²) >= 11 is 6.62. The van der Waals surface area contributed by atoms with Gasteiger partial charge in [0, 0.05) is 60.1 Å². The number of hydrogen-bond acceptors (Lipinski definition) is 8. The molecule has 1 fully saturated rings. The summed E-state index contributed by atoms with van der Waals surface area (Å²) in [7, 11) is 1.54. The normalized spacial score (nSPS) is 13.3. The second kappa shape index (κ2) is 15.4. The highest BCUT2D eigenvalue weighted by Crippen LogP contribution is 2.38. The van der Waals surface area contributed by atoms with Crippen molar-refractivity contribution in [3.05, 3.63) is 124 Å². The molecule has 0 bridgehead atoms. The lowest BCUT2D eigenvalue weighted by Crippen LogP contribution is -2.37. The van der Waals surface area contributed by atoms with Gasteiger partial charge in [0.2, 0.25) is 0 Å². The van der Waals surface area contributed by atoms with Crippen molar-refractivity contribution in [3.63, 3.8) is 0 Å². The smallest absolute Gasteiger partial charge is 0.270 e. The first-order valence-electron chi connectivity index (χ1n) is 16.6. The number of hydrogen-bond donors (Lipinski definition) is 1. The molecule has 0 unspecified atom stereocenters. The number of aromatic nitrogens is 2. The summed E-state index contributed by atoms with van der Waals surface area (Å²) in [6, 6.07) is 21.0. The fourth-order valence-electron chi connectivity index (χ4n) is 6.11. The summed E-state index contributed by atoms with van der Waals surface area (Å²) in [6.07, 6.45) is 2.38. The van der Waals surface area contributed by atoms with Crippen LogP contribution in [0.5, 0.6) is 23.0 Å². The van der Waals surface area contributed by atoms with Gasteiger partial charge in [-0.3, -0.25) is 24.0 Å². The molecule has 6 aromatic rings. The van der Waals surface area contributed by atoms with E-state index in [4.69, 9.17) is 30.5 Å². The van der Waals surface area contributed by atoms with Crippen molar-refractivity contribution in [1.29, 1.82) is 0 Å². The Morgan fingerprint density at radius 2 is 1.71 bits per heavy atom. The molecule has 10 nitrogen and oxygen atoms in total. The largest absolute Gasteiger partial charge is 0.493 e. The zero-order valence-electron chi connectivity index (χ0n) is 28.0. The Morgan fingerprint density at radius 1 is 0.923 bits per heavy atom. The van der Waals surface area contributed by atoms with Crippen LogP contribution in [0.3, 0.4) is 0 Å². The van der Waals surface area contributed by atoms with Crippen molar-refractivity contribution >= 4 is 45.0 Å². The summed E-state index contributed by atoms with van der Waals surface area (Å²) in [5.74, 6) is -0.897. The van der Waals surface area contributed by atoms with Gasteiger partial charge in [0.15, 0.2) is 23.1 Å². The second-order valence-corrected chi connectivity index (χ2v) is 12.4. The summed E-state index contributed by atoms with van der Waals surface area (Å²) in [5, 5.41) is 3.50. The maximum absolute atomic E-state index is 15.5. The Labute approximate surface area is 302 Å². The first kappa shape index (κ1) is 34.9. The molecule has 4 aromatic carbocycles. The molecule has 52 heavy (non-hydrogen) atoms. The monoisotopic (exact) mass is 726 g/mol. The molecule has 1 amide bonds. The zero-order valence-corrected chi connectivity index (χ0v) is 28.8. The van der Waals surface area contributed by atoms with Crippen LogP contribution >= 0.6 is 11.6 Å². The molecule has 0 saturated carbocycles. The molecule has 1 aliphatic rings. The van der Waals surface area contributed by atoms with Gasteiger partial charge in [0.1, 0.15) is 17.1 Å². The average molecular weight is 727 g/mol. The van der Waals surface area contributed by atoms with Crippen LogP contribution in [0.1, 0.15) is 16.8 Å². The average Bonchev–Trinajstić information content (AvgIpc) is 3.15. The quantitative estimate of drug-likeness (QED) is 0.136. The molecule has 266 valence electrons. The number of halogens is 3. The predicted molar refractivity (Wildman–Crippen MR) is 195 cm³/mol. The molecule has 1 aliphatic heterocycles. The number of benzene rings is 4. The number of anilines is 1. The summed E-state index contributed by atoms with van der Waals surface area (Å²) in [4.78, 5) is 34.1. The molecular formula is C39H33ClF2N4O6. The van der Waals surface area contributed by atoms with Gasteiger partial charge in [-0.15, -0.1) is 0 Å².